The molecule has 8 nitrogen and oxygen atoms in total. The minimum absolute atomic E-state index is 0.255. The molecule has 0 radical (unpaired) electrons. The first kappa shape index (κ1) is 15.2. The Morgan fingerprint density at radius 2 is 2.14 bits per heavy atom. The lowest BCUT2D eigenvalue weighted by Crippen LogP contribution is -2.62. The van der Waals surface area contributed by atoms with E-state index in [4.69, 9.17) is 9.84 Å². The Hall–Kier alpha value is -2.22. The molecule has 0 atom stereocenters. The van der Waals surface area contributed by atoms with Gasteiger partial charge in [-0.15, -0.1) is 10.2 Å². The van der Waals surface area contributed by atoms with E-state index >= 15 is 0 Å². The fourth-order valence-electron chi connectivity index (χ4n) is 2.12. The molecule has 2 rings (SSSR count). The molecule has 0 aromatic carbocycles. The van der Waals surface area contributed by atoms with Crippen molar-refractivity contribution in [1.29, 1.82) is 0 Å². The van der Waals surface area contributed by atoms with Crippen LogP contribution in [0.1, 0.15) is 24.3 Å². The summed E-state index contributed by atoms with van der Waals surface area (Å²) in [5.41, 5.74) is -0.218. The number of anilines is 1. The molecule has 1 aliphatic heterocycles. The summed E-state index contributed by atoms with van der Waals surface area (Å²) in [5.74, 6) is -0.602. The normalized spacial score (nSPS) is 16.2. The largest absolute Gasteiger partial charge is 0.480 e. The fourth-order valence-corrected chi connectivity index (χ4v) is 2.12. The lowest BCUT2D eigenvalue weighted by atomic mass is 9.96. The van der Waals surface area contributed by atoms with Gasteiger partial charge in [-0.1, -0.05) is 0 Å². The zero-order chi connectivity index (χ0) is 15.5. The Balaban J connectivity index is 1.90. The van der Waals surface area contributed by atoms with E-state index in [2.05, 4.69) is 15.5 Å². The Morgan fingerprint density at radius 1 is 1.43 bits per heavy atom. The molecule has 1 aromatic heterocycles. The van der Waals surface area contributed by atoms with Crippen molar-refractivity contribution in [2.24, 2.45) is 0 Å². The Labute approximate surface area is 122 Å². The zero-order valence-corrected chi connectivity index (χ0v) is 12.0. The Bertz CT molecular complexity index is 525. The molecule has 1 fully saturated rings. The number of aliphatic carboxylic acids is 1. The zero-order valence-electron chi connectivity index (χ0n) is 12.0. The predicted octanol–water partition coefficient (Wildman–Crippen LogP) is -0.0938. The molecule has 0 spiro atoms. The third-order valence-corrected chi connectivity index (χ3v) is 3.14. The summed E-state index contributed by atoms with van der Waals surface area (Å²) in [6, 6.07) is 3.33. The maximum atomic E-state index is 11.6. The van der Waals surface area contributed by atoms with Crippen molar-refractivity contribution in [2.75, 3.05) is 31.1 Å². The number of carboxylic acids is 1. The van der Waals surface area contributed by atoms with Crippen molar-refractivity contribution < 1.29 is 19.4 Å². The highest BCUT2D eigenvalue weighted by Crippen LogP contribution is 2.28. The van der Waals surface area contributed by atoms with Crippen LogP contribution in [-0.2, 0) is 9.53 Å². The van der Waals surface area contributed by atoms with E-state index < -0.39 is 11.6 Å². The number of hydrogen-bond donors (Lipinski definition) is 2. The standard InChI is InChI=1S/C13H18N4O4/c1-3-14-12(20)9-4-5-10(16-15-9)17-7-13(2,8-17)21-6-11(18)19/h4-5H,3,6-8H2,1-2H3,(H,14,20)(H,18,19). The molecule has 1 saturated heterocycles. The van der Waals surface area contributed by atoms with Crippen molar-refractivity contribution in [3.8, 4) is 0 Å². The maximum Gasteiger partial charge on any atom is 0.329 e. The molecule has 2 heterocycles. The second-order valence-electron chi connectivity index (χ2n) is 5.12. The number of hydrogen-bond acceptors (Lipinski definition) is 6. The van der Waals surface area contributed by atoms with E-state index in [-0.39, 0.29) is 18.2 Å². The van der Waals surface area contributed by atoms with Gasteiger partial charge in [-0.05, 0) is 26.0 Å². The first-order chi connectivity index (χ1) is 9.93. The number of carbonyl (C=O) groups excluding carboxylic acids is 1. The smallest absolute Gasteiger partial charge is 0.329 e. The molecule has 0 aliphatic carbocycles. The van der Waals surface area contributed by atoms with Crippen molar-refractivity contribution >= 4 is 17.7 Å². The van der Waals surface area contributed by atoms with Crippen LogP contribution < -0.4 is 10.2 Å². The van der Waals surface area contributed by atoms with Crippen LogP contribution in [0.4, 0.5) is 5.82 Å². The average Bonchev–Trinajstić information content (AvgIpc) is 2.42. The molecule has 0 saturated carbocycles. The average molecular weight is 294 g/mol. The van der Waals surface area contributed by atoms with Crippen LogP contribution in [0.15, 0.2) is 12.1 Å². The highest BCUT2D eigenvalue weighted by Gasteiger charge is 2.41. The summed E-state index contributed by atoms with van der Waals surface area (Å²) in [6.45, 7) is 4.98. The van der Waals surface area contributed by atoms with Gasteiger partial charge in [0.25, 0.3) is 5.91 Å². The van der Waals surface area contributed by atoms with Gasteiger partial charge in [-0.25, -0.2) is 4.79 Å². The van der Waals surface area contributed by atoms with E-state index in [1.54, 1.807) is 12.1 Å². The van der Waals surface area contributed by atoms with Gasteiger partial charge in [-0.3, -0.25) is 4.79 Å². The lowest BCUT2D eigenvalue weighted by Gasteiger charge is -2.47. The number of rotatable bonds is 6. The predicted molar refractivity (Wildman–Crippen MR) is 74.2 cm³/mol. The topological polar surface area (TPSA) is 105 Å². The number of carboxylic acid groups (broad SMARTS) is 1. The van der Waals surface area contributed by atoms with E-state index in [0.717, 1.165) is 0 Å². The van der Waals surface area contributed by atoms with Crippen LogP contribution in [0.25, 0.3) is 0 Å². The van der Waals surface area contributed by atoms with Crippen LogP contribution in [-0.4, -0.2) is 59.0 Å². The minimum atomic E-state index is -0.985. The van der Waals surface area contributed by atoms with Crippen molar-refractivity contribution in [2.45, 2.75) is 19.4 Å². The molecule has 114 valence electrons. The van der Waals surface area contributed by atoms with Gasteiger partial charge in [0.15, 0.2) is 11.5 Å². The first-order valence-electron chi connectivity index (χ1n) is 6.66. The summed E-state index contributed by atoms with van der Waals surface area (Å²) in [7, 11) is 0. The third kappa shape index (κ3) is 3.66. The van der Waals surface area contributed by atoms with Crippen LogP contribution in [0, 0.1) is 0 Å². The van der Waals surface area contributed by atoms with E-state index in [0.29, 0.717) is 25.5 Å². The molecular formula is C13H18N4O4. The highest BCUT2D eigenvalue weighted by atomic mass is 16.5. The Morgan fingerprint density at radius 3 is 2.67 bits per heavy atom. The van der Waals surface area contributed by atoms with Gasteiger partial charge < -0.3 is 20.1 Å². The van der Waals surface area contributed by atoms with Gasteiger partial charge in [0.2, 0.25) is 0 Å². The van der Waals surface area contributed by atoms with Gasteiger partial charge in [-0.2, -0.15) is 0 Å². The summed E-state index contributed by atoms with van der Waals surface area (Å²) < 4.78 is 5.32. The van der Waals surface area contributed by atoms with E-state index in [1.807, 2.05) is 18.7 Å². The number of aromatic nitrogens is 2. The number of amides is 1. The Kier molecular flexibility index (Phi) is 4.37. The number of nitrogens with zero attached hydrogens (tertiary/aromatic N) is 3. The van der Waals surface area contributed by atoms with Crippen molar-refractivity contribution in [3.05, 3.63) is 17.8 Å². The van der Waals surface area contributed by atoms with Gasteiger partial charge in [0, 0.05) is 6.54 Å². The number of ether oxygens (including phenoxy) is 1. The lowest BCUT2D eigenvalue weighted by molar-refractivity contribution is -0.150. The van der Waals surface area contributed by atoms with Gasteiger partial charge in [0.1, 0.15) is 12.2 Å². The fraction of sp³-hybridized carbons (Fsp3) is 0.538. The maximum absolute atomic E-state index is 11.6. The molecule has 1 aromatic rings. The molecular weight excluding hydrogens is 276 g/mol. The molecule has 0 bridgehead atoms. The monoisotopic (exact) mass is 294 g/mol. The van der Waals surface area contributed by atoms with Crippen molar-refractivity contribution in [1.82, 2.24) is 15.5 Å². The van der Waals surface area contributed by atoms with Crippen LogP contribution >= 0.6 is 0 Å². The van der Waals surface area contributed by atoms with Crippen molar-refractivity contribution in [3.63, 3.8) is 0 Å². The molecule has 21 heavy (non-hydrogen) atoms. The van der Waals surface area contributed by atoms with Crippen LogP contribution in [0.5, 0.6) is 0 Å². The summed E-state index contributed by atoms with van der Waals surface area (Å²) in [4.78, 5) is 24.0. The van der Waals surface area contributed by atoms with E-state index in [1.165, 1.54) is 0 Å². The summed E-state index contributed by atoms with van der Waals surface area (Å²) in [6.07, 6.45) is 0. The van der Waals surface area contributed by atoms with Gasteiger partial charge in [0.05, 0.1) is 13.1 Å². The summed E-state index contributed by atoms with van der Waals surface area (Å²) in [5, 5.41) is 19.1. The molecule has 8 heteroatoms. The van der Waals surface area contributed by atoms with Crippen LogP contribution in [0.2, 0.25) is 0 Å². The van der Waals surface area contributed by atoms with Gasteiger partial charge >= 0.3 is 5.97 Å². The second kappa shape index (κ2) is 6.04. The molecule has 1 amide bonds. The summed E-state index contributed by atoms with van der Waals surface area (Å²) >= 11 is 0. The first-order valence-corrected chi connectivity index (χ1v) is 6.66. The number of nitrogens with one attached hydrogen (secondary N) is 1. The van der Waals surface area contributed by atoms with E-state index in [9.17, 15) is 9.59 Å². The second-order valence-corrected chi connectivity index (χ2v) is 5.12. The molecule has 2 N–H and O–H groups in total. The minimum Gasteiger partial charge on any atom is -0.480 e. The SMILES string of the molecule is CCNC(=O)c1ccc(N2CC(C)(OCC(=O)O)C2)nn1. The van der Waals surface area contributed by atoms with Crippen LogP contribution in [0.3, 0.4) is 0 Å². The highest BCUT2D eigenvalue weighted by molar-refractivity contribution is 5.92. The molecule has 1 aliphatic rings. The molecule has 0 unspecified atom stereocenters. The number of carbonyl (C=O) groups is 2. The quantitative estimate of drug-likeness (QED) is 0.755. The third-order valence-electron chi connectivity index (χ3n) is 3.14.